The highest BCUT2D eigenvalue weighted by atomic mass is 16.1. The van der Waals surface area contributed by atoms with Gasteiger partial charge >= 0.3 is 0 Å². The maximum Gasteiger partial charge on any atom is 0.276 e. The van der Waals surface area contributed by atoms with E-state index in [1.165, 1.54) is 5.69 Å². The highest BCUT2D eigenvalue weighted by Gasteiger charge is 2.09. The quantitative estimate of drug-likeness (QED) is 0.656. The molecule has 0 aliphatic heterocycles. The van der Waals surface area contributed by atoms with Gasteiger partial charge in [0.1, 0.15) is 0 Å². The van der Waals surface area contributed by atoms with E-state index in [-0.39, 0.29) is 11.6 Å². The number of carbonyl (C=O) groups excluding carboxylic acids is 1. The first-order chi connectivity index (χ1) is 13.2. The topological polar surface area (TPSA) is 70.2 Å². The molecule has 1 amide bonds. The zero-order valence-electron chi connectivity index (χ0n) is 15.5. The lowest BCUT2D eigenvalue weighted by Gasteiger charge is -2.21. The van der Waals surface area contributed by atoms with Gasteiger partial charge in [0, 0.05) is 30.2 Å². The molecule has 3 rings (SSSR count). The zero-order chi connectivity index (χ0) is 19.1. The summed E-state index contributed by atoms with van der Waals surface area (Å²) in [5.41, 5.74) is 3.09. The van der Waals surface area contributed by atoms with Crippen LogP contribution in [0.4, 0.5) is 22.9 Å². The highest BCUT2D eigenvalue weighted by Crippen LogP contribution is 2.20. The lowest BCUT2D eigenvalue weighted by atomic mass is 10.2. The Bertz CT molecular complexity index is 859. The van der Waals surface area contributed by atoms with E-state index in [0.29, 0.717) is 5.82 Å². The summed E-state index contributed by atoms with van der Waals surface area (Å²) in [6, 6.07) is 20.8. The number of anilines is 4. The van der Waals surface area contributed by atoms with Gasteiger partial charge in [0.25, 0.3) is 5.91 Å². The van der Waals surface area contributed by atoms with Gasteiger partial charge in [-0.2, -0.15) is 0 Å². The van der Waals surface area contributed by atoms with Crippen molar-refractivity contribution in [1.82, 2.24) is 10.2 Å². The summed E-state index contributed by atoms with van der Waals surface area (Å²) in [6.45, 7) is 6.23. The molecule has 6 heteroatoms. The van der Waals surface area contributed by atoms with E-state index < -0.39 is 0 Å². The Morgan fingerprint density at radius 2 is 1.56 bits per heavy atom. The van der Waals surface area contributed by atoms with Crippen molar-refractivity contribution in [1.29, 1.82) is 0 Å². The first-order valence-corrected chi connectivity index (χ1v) is 9.01. The molecule has 27 heavy (non-hydrogen) atoms. The second kappa shape index (κ2) is 8.80. The fourth-order valence-electron chi connectivity index (χ4n) is 2.73. The number of nitrogens with one attached hydrogen (secondary N) is 2. The predicted molar refractivity (Wildman–Crippen MR) is 110 cm³/mol. The summed E-state index contributed by atoms with van der Waals surface area (Å²) < 4.78 is 0. The molecule has 0 saturated heterocycles. The van der Waals surface area contributed by atoms with Crippen LogP contribution in [-0.4, -0.2) is 29.2 Å². The number of hydrogen-bond donors (Lipinski definition) is 2. The molecule has 0 bridgehead atoms. The molecule has 0 saturated carbocycles. The van der Waals surface area contributed by atoms with Gasteiger partial charge in [0.15, 0.2) is 11.5 Å². The third-order valence-electron chi connectivity index (χ3n) is 4.20. The van der Waals surface area contributed by atoms with Crippen molar-refractivity contribution in [2.24, 2.45) is 0 Å². The van der Waals surface area contributed by atoms with Crippen LogP contribution in [0.25, 0.3) is 0 Å². The summed E-state index contributed by atoms with van der Waals surface area (Å²) in [4.78, 5) is 14.5. The summed E-state index contributed by atoms with van der Waals surface area (Å²) in [5, 5.41) is 14.1. The third-order valence-corrected chi connectivity index (χ3v) is 4.20. The van der Waals surface area contributed by atoms with Gasteiger partial charge in [-0.25, -0.2) is 0 Å². The molecular formula is C21H23N5O. The van der Waals surface area contributed by atoms with Gasteiger partial charge in [0.2, 0.25) is 0 Å². The minimum absolute atomic E-state index is 0.265. The number of carbonyl (C=O) groups is 1. The standard InChI is InChI=1S/C21H23N5O/c1-3-26(4-2)18-12-10-17(11-13-18)22-20-15-14-19(24-25-20)21(27)23-16-8-6-5-7-9-16/h5-15H,3-4H2,1-2H3,(H,22,25)(H,23,27). The van der Waals surface area contributed by atoms with Crippen LogP contribution in [0.15, 0.2) is 66.7 Å². The normalized spacial score (nSPS) is 10.3. The Balaban J connectivity index is 1.63. The summed E-state index contributed by atoms with van der Waals surface area (Å²) in [6.07, 6.45) is 0. The predicted octanol–water partition coefficient (Wildman–Crippen LogP) is 4.32. The molecule has 138 valence electrons. The molecule has 6 nitrogen and oxygen atoms in total. The lowest BCUT2D eigenvalue weighted by molar-refractivity contribution is 0.102. The van der Waals surface area contributed by atoms with Crippen molar-refractivity contribution in [3.05, 3.63) is 72.4 Å². The molecule has 0 aliphatic rings. The van der Waals surface area contributed by atoms with E-state index >= 15 is 0 Å². The highest BCUT2D eigenvalue weighted by molar-refractivity contribution is 6.02. The van der Waals surface area contributed by atoms with E-state index in [2.05, 4.69) is 51.7 Å². The second-order valence-corrected chi connectivity index (χ2v) is 5.97. The van der Waals surface area contributed by atoms with Crippen molar-refractivity contribution < 1.29 is 4.79 Å². The number of para-hydroxylation sites is 1. The molecule has 3 aromatic rings. The van der Waals surface area contributed by atoms with Crippen molar-refractivity contribution in [2.45, 2.75) is 13.8 Å². The summed E-state index contributed by atoms with van der Waals surface area (Å²) >= 11 is 0. The average Bonchev–Trinajstić information content (AvgIpc) is 2.71. The number of benzene rings is 2. The average molecular weight is 361 g/mol. The molecule has 2 N–H and O–H groups in total. The van der Waals surface area contributed by atoms with E-state index in [1.807, 2.05) is 42.5 Å². The van der Waals surface area contributed by atoms with Crippen LogP contribution in [0.5, 0.6) is 0 Å². The number of hydrogen-bond acceptors (Lipinski definition) is 5. The van der Waals surface area contributed by atoms with Gasteiger partial charge in [-0.05, 0) is 62.4 Å². The Morgan fingerprint density at radius 3 is 2.15 bits per heavy atom. The van der Waals surface area contributed by atoms with Gasteiger partial charge in [-0.3, -0.25) is 4.79 Å². The Kier molecular flexibility index (Phi) is 5.99. The molecule has 1 aromatic heterocycles. The Morgan fingerprint density at radius 1 is 0.852 bits per heavy atom. The van der Waals surface area contributed by atoms with Crippen LogP contribution >= 0.6 is 0 Å². The number of aromatic nitrogens is 2. The maximum absolute atomic E-state index is 12.2. The number of amides is 1. The van der Waals surface area contributed by atoms with Gasteiger partial charge in [-0.1, -0.05) is 18.2 Å². The molecular weight excluding hydrogens is 338 g/mol. The molecule has 0 spiro atoms. The lowest BCUT2D eigenvalue weighted by Crippen LogP contribution is -2.21. The molecule has 0 unspecified atom stereocenters. The molecule has 0 aliphatic carbocycles. The molecule has 0 radical (unpaired) electrons. The van der Waals surface area contributed by atoms with E-state index in [1.54, 1.807) is 12.1 Å². The fraction of sp³-hybridized carbons (Fsp3) is 0.190. The van der Waals surface area contributed by atoms with Crippen LogP contribution in [-0.2, 0) is 0 Å². The Hall–Kier alpha value is -3.41. The SMILES string of the molecule is CCN(CC)c1ccc(Nc2ccc(C(=O)Nc3ccccc3)nn2)cc1. The van der Waals surface area contributed by atoms with Crippen LogP contribution in [0.2, 0.25) is 0 Å². The van der Waals surface area contributed by atoms with Crippen LogP contribution < -0.4 is 15.5 Å². The number of rotatable bonds is 7. The Labute approximate surface area is 159 Å². The van der Waals surface area contributed by atoms with Crippen molar-refractivity contribution in [3.63, 3.8) is 0 Å². The minimum Gasteiger partial charge on any atom is -0.372 e. The number of nitrogens with zero attached hydrogens (tertiary/aromatic N) is 3. The largest absolute Gasteiger partial charge is 0.372 e. The maximum atomic E-state index is 12.2. The van der Waals surface area contributed by atoms with E-state index in [9.17, 15) is 4.79 Å². The molecule has 0 fully saturated rings. The molecule has 1 heterocycles. The molecule has 0 atom stereocenters. The van der Waals surface area contributed by atoms with E-state index in [4.69, 9.17) is 0 Å². The smallest absolute Gasteiger partial charge is 0.276 e. The summed E-state index contributed by atoms with van der Waals surface area (Å²) in [7, 11) is 0. The first-order valence-electron chi connectivity index (χ1n) is 9.01. The van der Waals surface area contributed by atoms with Gasteiger partial charge < -0.3 is 15.5 Å². The fourth-order valence-corrected chi connectivity index (χ4v) is 2.73. The van der Waals surface area contributed by atoms with Gasteiger partial charge in [-0.15, -0.1) is 10.2 Å². The van der Waals surface area contributed by atoms with E-state index in [0.717, 1.165) is 24.5 Å². The van der Waals surface area contributed by atoms with Crippen molar-refractivity contribution in [2.75, 3.05) is 28.6 Å². The van der Waals surface area contributed by atoms with Crippen LogP contribution in [0.1, 0.15) is 24.3 Å². The minimum atomic E-state index is -0.288. The third kappa shape index (κ3) is 4.82. The monoisotopic (exact) mass is 361 g/mol. The summed E-state index contributed by atoms with van der Waals surface area (Å²) in [5.74, 6) is 0.297. The molecule has 2 aromatic carbocycles. The van der Waals surface area contributed by atoms with Crippen LogP contribution in [0, 0.1) is 0 Å². The van der Waals surface area contributed by atoms with Gasteiger partial charge in [0.05, 0.1) is 0 Å². The zero-order valence-corrected chi connectivity index (χ0v) is 15.5. The first kappa shape index (κ1) is 18.4. The second-order valence-electron chi connectivity index (χ2n) is 5.97. The van der Waals surface area contributed by atoms with Crippen molar-refractivity contribution in [3.8, 4) is 0 Å². The van der Waals surface area contributed by atoms with Crippen LogP contribution in [0.3, 0.4) is 0 Å². The van der Waals surface area contributed by atoms with Crippen molar-refractivity contribution >= 4 is 28.8 Å².